The van der Waals surface area contributed by atoms with Crippen LogP contribution in [0.15, 0.2) is 17.5 Å². The maximum Gasteiger partial charge on any atom is 0.328 e. The molecule has 0 aromatic carbocycles. The van der Waals surface area contributed by atoms with Crippen LogP contribution in [0.1, 0.15) is 23.3 Å². The molecule has 1 aliphatic heterocycles. The first kappa shape index (κ1) is 14.7. The third kappa shape index (κ3) is 4.18. The Kier molecular flexibility index (Phi) is 4.92. The van der Waals surface area contributed by atoms with Crippen molar-refractivity contribution in [1.29, 1.82) is 0 Å². The number of thiophene rings is 1. The van der Waals surface area contributed by atoms with E-state index >= 15 is 0 Å². The first-order valence-electron chi connectivity index (χ1n) is 6.54. The van der Waals surface area contributed by atoms with Gasteiger partial charge in [0.05, 0.1) is 0 Å². The zero-order valence-electron chi connectivity index (χ0n) is 11.1. The summed E-state index contributed by atoms with van der Waals surface area (Å²) in [6.07, 6.45) is 4.39. The van der Waals surface area contributed by atoms with E-state index in [1.165, 1.54) is 4.88 Å². The number of likely N-dealkylation sites (tertiary alicyclic amines) is 1. The Balaban J connectivity index is 1.86. The lowest BCUT2D eigenvalue weighted by atomic mass is 9.96. The highest BCUT2D eigenvalue weighted by Crippen LogP contribution is 2.22. The van der Waals surface area contributed by atoms with Crippen molar-refractivity contribution in [1.82, 2.24) is 4.90 Å². The Labute approximate surface area is 121 Å². The Bertz CT molecular complexity index is 516. The molecule has 0 unspecified atom stereocenters. The van der Waals surface area contributed by atoms with Crippen molar-refractivity contribution in [3.8, 4) is 0 Å². The van der Waals surface area contributed by atoms with Gasteiger partial charge in [-0.1, -0.05) is 0 Å². The number of carbonyl (C=O) groups excluding carboxylic acids is 1. The average Bonchev–Trinajstić information content (AvgIpc) is 2.84. The van der Waals surface area contributed by atoms with Crippen LogP contribution in [-0.4, -0.2) is 35.0 Å². The van der Waals surface area contributed by atoms with Gasteiger partial charge < -0.3 is 10.8 Å². The Morgan fingerprint density at radius 2 is 2.15 bits per heavy atom. The summed E-state index contributed by atoms with van der Waals surface area (Å²) in [6, 6.07) is 2.00. The summed E-state index contributed by atoms with van der Waals surface area (Å²) in [5.74, 6) is -1.11. The minimum absolute atomic E-state index is 0.0173. The fourth-order valence-electron chi connectivity index (χ4n) is 2.33. The van der Waals surface area contributed by atoms with Crippen LogP contribution in [0.4, 0.5) is 0 Å². The van der Waals surface area contributed by atoms with Crippen LogP contribution in [0.2, 0.25) is 0 Å². The van der Waals surface area contributed by atoms with Crippen LogP contribution in [0.5, 0.6) is 0 Å². The highest BCUT2D eigenvalue weighted by molar-refractivity contribution is 7.10. The lowest BCUT2D eigenvalue weighted by Gasteiger charge is -2.29. The van der Waals surface area contributed by atoms with Crippen LogP contribution in [0, 0.1) is 5.92 Å². The lowest BCUT2D eigenvalue weighted by molar-refractivity contribution is -0.131. The standard InChI is InChI=1S/C14H18N2O3S/c15-14(19)11-3-5-16(6-4-11)8-12-7-10(9-20-12)1-2-13(17)18/h1-2,7,9,11H,3-6,8H2,(H2,15,19)(H,17,18). The smallest absolute Gasteiger partial charge is 0.328 e. The second-order valence-corrected chi connectivity index (χ2v) is 5.97. The van der Waals surface area contributed by atoms with Gasteiger partial charge in [-0.25, -0.2) is 4.79 Å². The lowest BCUT2D eigenvalue weighted by Crippen LogP contribution is -2.37. The van der Waals surface area contributed by atoms with E-state index in [1.807, 2.05) is 11.4 Å². The van der Waals surface area contributed by atoms with Crippen LogP contribution < -0.4 is 5.73 Å². The minimum atomic E-state index is -0.939. The second kappa shape index (κ2) is 6.67. The van der Waals surface area contributed by atoms with Crippen molar-refractivity contribution >= 4 is 29.3 Å². The molecule has 1 fully saturated rings. The predicted molar refractivity (Wildman–Crippen MR) is 78.2 cm³/mol. The van der Waals surface area contributed by atoms with Crippen LogP contribution in [0.3, 0.4) is 0 Å². The van der Waals surface area contributed by atoms with E-state index < -0.39 is 5.97 Å². The van der Waals surface area contributed by atoms with Crippen molar-refractivity contribution in [2.45, 2.75) is 19.4 Å². The highest BCUT2D eigenvalue weighted by Gasteiger charge is 2.23. The van der Waals surface area contributed by atoms with Gasteiger partial charge in [0, 0.05) is 23.4 Å². The molecule has 0 atom stereocenters. The minimum Gasteiger partial charge on any atom is -0.478 e. The molecule has 2 rings (SSSR count). The number of hydrogen-bond donors (Lipinski definition) is 2. The number of nitrogens with two attached hydrogens (primary N) is 1. The first-order valence-corrected chi connectivity index (χ1v) is 7.42. The molecule has 108 valence electrons. The number of amides is 1. The summed E-state index contributed by atoms with van der Waals surface area (Å²) in [5.41, 5.74) is 6.23. The molecular weight excluding hydrogens is 276 g/mol. The molecule has 0 radical (unpaired) electrons. The zero-order chi connectivity index (χ0) is 14.5. The molecule has 0 saturated carbocycles. The van der Waals surface area contributed by atoms with Crippen LogP contribution >= 0.6 is 11.3 Å². The fraction of sp³-hybridized carbons (Fsp3) is 0.429. The maximum absolute atomic E-state index is 11.1. The van der Waals surface area contributed by atoms with Crippen molar-refractivity contribution < 1.29 is 14.7 Å². The van der Waals surface area contributed by atoms with Gasteiger partial charge in [0.1, 0.15) is 0 Å². The molecule has 6 heteroatoms. The van der Waals surface area contributed by atoms with E-state index in [0.29, 0.717) is 0 Å². The van der Waals surface area contributed by atoms with Crippen molar-refractivity contribution in [2.24, 2.45) is 11.7 Å². The number of carbonyl (C=O) groups is 2. The molecule has 5 nitrogen and oxygen atoms in total. The maximum atomic E-state index is 11.1. The number of piperidine rings is 1. The molecule has 0 spiro atoms. The predicted octanol–water partition coefficient (Wildman–Crippen LogP) is 1.54. The quantitative estimate of drug-likeness (QED) is 0.807. The summed E-state index contributed by atoms with van der Waals surface area (Å²) in [7, 11) is 0. The van der Waals surface area contributed by atoms with E-state index in [4.69, 9.17) is 10.8 Å². The molecule has 3 N–H and O–H groups in total. The summed E-state index contributed by atoms with van der Waals surface area (Å²) >= 11 is 1.62. The van der Waals surface area contributed by atoms with E-state index in [-0.39, 0.29) is 11.8 Å². The van der Waals surface area contributed by atoms with Crippen molar-refractivity contribution in [2.75, 3.05) is 13.1 Å². The Morgan fingerprint density at radius 3 is 2.75 bits per heavy atom. The molecule has 1 saturated heterocycles. The summed E-state index contributed by atoms with van der Waals surface area (Å²) in [5, 5.41) is 10.5. The third-order valence-electron chi connectivity index (χ3n) is 3.46. The van der Waals surface area contributed by atoms with Gasteiger partial charge in [-0.3, -0.25) is 9.69 Å². The third-order valence-corrected chi connectivity index (χ3v) is 4.40. The number of hydrogen-bond acceptors (Lipinski definition) is 4. The van der Waals surface area contributed by atoms with Crippen LogP contribution in [-0.2, 0) is 16.1 Å². The van der Waals surface area contributed by atoms with E-state index in [9.17, 15) is 9.59 Å². The topological polar surface area (TPSA) is 83.6 Å². The zero-order valence-corrected chi connectivity index (χ0v) is 11.9. The molecule has 1 aromatic rings. The second-order valence-electron chi connectivity index (χ2n) is 4.97. The Hall–Kier alpha value is -1.66. The van der Waals surface area contributed by atoms with Gasteiger partial charge >= 0.3 is 5.97 Å². The number of rotatable bonds is 5. The summed E-state index contributed by atoms with van der Waals surface area (Å²) in [4.78, 5) is 25.1. The first-order chi connectivity index (χ1) is 9.54. The van der Waals surface area contributed by atoms with Gasteiger partial charge in [-0.2, -0.15) is 0 Å². The molecule has 1 aliphatic rings. The molecule has 1 aromatic heterocycles. The molecule has 0 bridgehead atoms. The van der Waals surface area contributed by atoms with Gasteiger partial charge in [-0.05, 0) is 49.0 Å². The van der Waals surface area contributed by atoms with Gasteiger partial charge in [0.25, 0.3) is 0 Å². The van der Waals surface area contributed by atoms with Gasteiger partial charge in [0.15, 0.2) is 0 Å². The van der Waals surface area contributed by atoms with Crippen molar-refractivity contribution in [3.05, 3.63) is 28.0 Å². The summed E-state index contributed by atoms with van der Waals surface area (Å²) < 4.78 is 0. The normalized spacial score (nSPS) is 17.6. The fourth-order valence-corrected chi connectivity index (χ4v) is 3.23. The molecule has 1 amide bonds. The number of carboxylic acids is 1. The number of primary amides is 1. The highest BCUT2D eigenvalue weighted by atomic mass is 32.1. The van der Waals surface area contributed by atoms with E-state index in [0.717, 1.165) is 44.1 Å². The Morgan fingerprint density at radius 1 is 1.45 bits per heavy atom. The number of carboxylic acid groups (broad SMARTS) is 1. The van der Waals surface area contributed by atoms with Gasteiger partial charge in [-0.15, -0.1) is 11.3 Å². The SMILES string of the molecule is NC(=O)C1CCN(Cc2cc(C=CC(=O)O)cs2)CC1. The summed E-state index contributed by atoms with van der Waals surface area (Å²) in [6.45, 7) is 2.61. The van der Waals surface area contributed by atoms with E-state index in [2.05, 4.69) is 4.90 Å². The molecule has 20 heavy (non-hydrogen) atoms. The molecule has 0 aliphatic carbocycles. The van der Waals surface area contributed by atoms with E-state index in [1.54, 1.807) is 17.4 Å². The van der Waals surface area contributed by atoms with Crippen LogP contribution in [0.25, 0.3) is 6.08 Å². The molecular formula is C14H18N2O3S. The average molecular weight is 294 g/mol. The monoisotopic (exact) mass is 294 g/mol. The number of aliphatic carboxylic acids is 1. The van der Waals surface area contributed by atoms with Gasteiger partial charge in [0.2, 0.25) is 5.91 Å². The number of nitrogens with zero attached hydrogens (tertiary/aromatic N) is 1. The largest absolute Gasteiger partial charge is 0.478 e. The van der Waals surface area contributed by atoms with Crippen molar-refractivity contribution in [3.63, 3.8) is 0 Å². The molecule has 2 heterocycles.